The summed E-state index contributed by atoms with van der Waals surface area (Å²) >= 11 is 0. The molecular formula is C18H21ClN2O. The fourth-order valence-corrected chi connectivity index (χ4v) is 2.66. The Kier molecular flexibility index (Phi) is 4.89. The Hall–Kier alpha value is -1.84. The third kappa shape index (κ3) is 3.32. The molecule has 1 amide bonds. The number of amides is 1. The summed E-state index contributed by atoms with van der Waals surface area (Å²) in [6.07, 6.45) is 0.987. The van der Waals surface area contributed by atoms with Crippen molar-refractivity contribution in [1.29, 1.82) is 0 Å². The minimum absolute atomic E-state index is 0. The smallest absolute Gasteiger partial charge is 0.244 e. The van der Waals surface area contributed by atoms with Gasteiger partial charge in [0, 0.05) is 12.0 Å². The molecule has 0 spiro atoms. The zero-order valence-corrected chi connectivity index (χ0v) is 13.3. The van der Waals surface area contributed by atoms with Gasteiger partial charge in [-0.2, -0.15) is 0 Å². The maximum absolute atomic E-state index is 12.5. The second-order valence-electron chi connectivity index (χ2n) is 5.90. The highest BCUT2D eigenvalue weighted by Gasteiger charge is 2.42. The van der Waals surface area contributed by atoms with Crippen LogP contribution in [0.2, 0.25) is 0 Å². The minimum Gasteiger partial charge on any atom is -0.351 e. The minimum atomic E-state index is -0.995. The van der Waals surface area contributed by atoms with Gasteiger partial charge in [0.05, 0.1) is 0 Å². The van der Waals surface area contributed by atoms with Gasteiger partial charge in [0.25, 0.3) is 0 Å². The first kappa shape index (κ1) is 16.5. The highest BCUT2D eigenvalue weighted by atomic mass is 35.5. The third-order valence-corrected chi connectivity index (χ3v) is 4.18. The molecule has 0 aromatic heterocycles. The predicted octanol–water partition coefficient (Wildman–Crippen LogP) is 2.95. The highest BCUT2D eigenvalue weighted by molar-refractivity contribution is 5.87. The first-order chi connectivity index (χ1) is 10.1. The topological polar surface area (TPSA) is 55.1 Å². The Balaban J connectivity index is 0.00000176. The van der Waals surface area contributed by atoms with E-state index < -0.39 is 5.54 Å². The molecule has 3 N–H and O–H groups in total. The average Bonchev–Trinajstić information content (AvgIpc) is 3.28. The summed E-state index contributed by atoms with van der Waals surface area (Å²) in [7, 11) is 0. The van der Waals surface area contributed by atoms with Crippen molar-refractivity contribution in [1.82, 2.24) is 5.32 Å². The van der Waals surface area contributed by atoms with E-state index in [-0.39, 0.29) is 24.4 Å². The number of hydrogen-bond donors (Lipinski definition) is 2. The van der Waals surface area contributed by atoms with Gasteiger partial charge in [-0.05, 0) is 24.5 Å². The fourth-order valence-electron chi connectivity index (χ4n) is 2.66. The lowest BCUT2D eigenvalue weighted by atomic mass is 9.92. The molecule has 22 heavy (non-hydrogen) atoms. The maximum Gasteiger partial charge on any atom is 0.244 e. The number of nitrogens with two attached hydrogens (primary N) is 1. The zero-order chi connectivity index (χ0) is 14.9. The number of carbonyl (C=O) groups excluding carboxylic acids is 1. The number of halogens is 1. The lowest BCUT2D eigenvalue weighted by Gasteiger charge is -2.24. The average molecular weight is 317 g/mol. The highest BCUT2D eigenvalue weighted by Crippen LogP contribution is 2.41. The van der Waals surface area contributed by atoms with E-state index in [1.165, 1.54) is 5.56 Å². The van der Waals surface area contributed by atoms with Crippen LogP contribution in [0.1, 0.15) is 30.4 Å². The SMILES string of the molecule is CC(N)(C(=O)NC1CC1c1ccccc1)c1ccccc1.Cl. The van der Waals surface area contributed by atoms with Crippen LogP contribution in [-0.4, -0.2) is 11.9 Å². The van der Waals surface area contributed by atoms with E-state index in [4.69, 9.17) is 5.73 Å². The molecule has 1 fully saturated rings. The van der Waals surface area contributed by atoms with Crippen molar-refractivity contribution < 1.29 is 4.79 Å². The molecule has 0 heterocycles. The molecule has 3 atom stereocenters. The van der Waals surface area contributed by atoms with E-state index in [0.717, 1.165) is 12.0 Å². The number of benzene rings is 2. The Morgan fingerprint density at radius 2 is 1.64 bits per heavy atom. The van der Waals surface area contributed by atoms with Crippen LogP contribution in [0.4, 0.5) is 0 Å². The Labute approximate surface area is 137 Å². The molecule has 4 heteroatoms. The molecule has 0 saturated heterocycles. The summed E-state index contributed by atoms with van der Waals surface area (Å²) in [6.45, 7) is 1.76. The fraction of sp³-hybridized carbons (Fsp3) is 0.278. The molecule has 0 radical (unpaired) electrons. The summed E-state index contributed by atoms with van der Waals surface area (Å²) in [6, 6.07) is 20.0. The van der Waals surface area contributed by atoms with Crippen LogP contribution < -0.4 is 11.1 Å². The molecule has 1 aliphatic rings. The summed E-state index contributed by atoms with van der Waals surface area (Å²) < 4.78 is 0. The van der Waals surface area contributed by atoms with Crippen molar-refractivity contribution in [3.05, 3.63) is 71.8 Å². The van der Waals surface area contributed by atoms with Gasteiger partial charge in [0.2, 0.25) is 5.91 Å². The molecular weight excluding hydrogens is 296 g/mol. The van der Waals surface area contributed by atoms with E-state index >= 15 is 0 Å². The normalized spacial score (nSPS) is 22.1. The Morgan fingerprint density at radius 1 is 1.09 bits per heavy atom. The van der Waals surface area contributed by atoms with Crippen LogP contribution in [0.3, 0.4) is 0 Å². The van der Waals surface area contributed by atoms with Gasteiger partial charge in [-0.1, -0.05) is 60.7 Å². The van der Waals surface area contributed by atoms with Gasteiger partial charge in [0.1, 0.15) is 5.54 Å². The van der Waals surface area contributed by atoms with E-state index in [1.807, 2.05) is 48.5 Å². The lowest BCUT2D eigenvalue weighted by molar-refractivity contribution is -0.126. The van der Waals surface area contributed by atoms with Gasteiger partial charge in [0.15, 0.2) is 0 Å². The molecule has 3 nitrogen and oxygen atoms in total. The third-order valence-electron chi connectivity index (χ3n) is 4.18. The summed E-state index contributed by atoms with van der Waals surface area (Å²) in [4.78, 5) is 12.5. The van der Waals surface area contributed by atoms with Gasteiger partial charge < -0.3 is 11.1 Å². The van der Waals surface area contributed by atoms with Gasteiger partial charge >= 0.3 is 0 Å². The van der Waals surface area contributed by atoms with Crippen molar-refractivity contribution in [2.24, 2.45) is 5.73 Å². The van der Waals surface area contributed by atoms with E-state index in [2.05, 4.69) is 17.4 Å². The second-order valence-corrected chi connectivity index (χ2v) is 5.90. The first-order valence-electron chi connectivity index (χ1n) is 7.29. The summed E-state index contributed by atoms with van der Waals surface area (Å²) in [5, 5.41) is 3.08. The Bertz CT molecular complexity index is 628. The molecule has 0 aliphatic heterocycles. The van der Waals surface area contributed by atoms with Crippen molar-refractivity contribution in [2.45, 2.75) is 30.8 Å². The van der Waals surface area contributed by atoms with Crippen LogP contribution in [0.15, 0.2) is 60.7 Å². The van der Waals surface area contributed by atoms with Gasteiger partial charge in [-0.15, -0.1) is 12.4 Å². The Morgan fingerprint density at radius 3 is 2.23 bits per heavy atom. The van der Waals surface area contributed by atoms with Crippen LogP contribution in [0.5, 0.6) is 0 Å². The summed E-state index contributed by atoms with van der Waals surface area (Å²) in [5.41, 5.74) is 7.35. The van der Waals surface area contributed by atoms with Crippen LogP contribution in [0, 0.1) is 0 Å². The maximum atomic E-state index is 12.5. The van der Waals surface area contributed by atoms with Crippen molar-refractivity contribution in [2.75, 3.05) is 0 Å². The predicted molar refractivity (Wildman–Crippen MR) is 91.0 cm³/mol. The summed E-state index contributed by atoms with van der Waals surface area (Å²) in [5.74, 6) is 0.304. The second kappa shape index (κ2) is 6.51. The molecule has 3 rings (SSSR count). The van der Waals surface area contributed by atoms with Gasteiger partial charge in [-0.25, -0.2) is 0 Å². The zero-order valence-electron chi connectivity index (χ0n) is 12.5. The van der Waals surface area contributed by atoms with E-state index in [0.29, 0.717) is 5.92 Å². The molecule has 2 aromatic rings. The lowest BCUT2D eigenvalue weighted by Crippen LogP contribution is -2.49. The number of nitrogens with one attached hydrogen (secondary N) is 1. The molecule has 1 saturated carbocycles. The van der Waals surface area contributed by atoms with Gasteiger partial charge in [-0.3, -0.25) is 4.79 Å². The van der Waals surface area contributed by atoms with Crippen LogP contribution in [0.25, 0.3) is 0 Å². The number of hydrogen-bond acceptors (Lipinski definition) is 2. The molecule has 2 aromatic carbocycles. The number of carbonyl (C=O) groups is 1. The molecule has 116 valence electrons. The van der Waals surface area contributed by atoms with Crippen LogP contribution >= 0.6 is 12.4 Å². The standard InChI is InChI=1S/C18H20N2O.ClH/c1-18(19,14-10-6-3-7-11-14)17(21)20-16-12-15(16)13-8-4-2-5-9-13;/h2-11,15-16H,12,19H2,1H3,(H,20,21);1H. The van der Waals surface area contributed by atoms with Crippen molar-refractivity contribution in [3.63, 3.8) is 0 Å². The quantitative estimate of drug-likeness (QED) is 0.911. The molecule has 1 aliphatic carbocycles. The van der Waals surface area contributed by atoms with E-state index in [9.17, 15) is 4.79 Å². The first-order valence-corrected chi connectivity index (χ1v) is 7.29. The largest absolute Gasteiger partial charge is 0.351 e. The van der Waals surface area contributed by atoms with Crippen molar-refractivity contribution >= 4 is 18.3 Å². The van der Waals surface area contributed by atoms with Crippen molar-refractivity contribution in [3.8, 4) is 0 Å². The number of rotatable bonds is 4. The van der Waals surface area contributed by atoms with Crippen LogP contribution in [-0.2, 0) is 10.3 Å². The monoisotopic (exact) mass is 316 g/mol. The molecule has 3 unspecified atom stereocenters. The molecule has 0 bridgehead atoms. The van der Waals surface area contributed by atoms with E-state index in [1.54, 1.807) is 6.92 Å².